The molecule has 1 unspecified atom stereocenters. The first-order valence-corrected chi connectivity index (χ1v) is 6.43. The van der Waals surface area contributed by atoms with Gasteiger partial charge in [0.15, 0.2) is 0 Å². The lowest BCUT2D eigenvalue weighted by atomic mass is 10.0. The first-order chi connectivity index (χ1) is 8.90. The summed E-state index contributed by atoms with van der Waals surface area (Å²) in [7, 11) is 0. The van der Waals surface area contributed by atoms with Gasteiger partial charge in [0, 0.05) is 6.20 Å². The molecular weight excluding hydrogens is 222 g/mol. The van der Waals surface area contributed by atoms with Crippen LogP contribution >= 0.6 is 0 Å². The van der Waals surface area contributed by atoms with Gasteiger partial charge in [-0.05, 0) is 31.0 Å². The Labute approximate surface area is 108 Å². The SMILES string of the molecule is CCCNC(Cc1ccccc1)c1ccncn1. The van der Waals surface area contributed by atoms with Gasteiger partial charge in [0.25, 0.3) is 0 Å². The maximum atomic E-state index is 4.35. The van der Waals surface area contributed by atoms with Crippen molar-refractivity contribution in [2.24, 2.45) is 0 Å². The molecule has 0 aliphatic rings. The minimum atomic E-state index is 0.260. The van der Waals surface area contributed by atoms with Crippen LogP contribution < -0.4 is 5.32 Å². The molecule has 3 heteroatoms. The third-order valence-corrected chi connectivity index (χ3v) is 2.89. The summed E-state index contributed by atoms with van der Waals surface area (Å²) < 4.78 is 0. The van der Waals surface area contributed by atoms with E-state index in [0.717, 1.165) is 25.1 Å². The quantitative estimate of drug-likeness (QED) is 0.845. The second-order valence-electron chi connectivity index (χ2n) is 4.33. The maximum Gasteiger partial charge on any atom is 0.115 e. The molecule has 2 rings (SSSR count). The van der Waals surface area contributed by atoms with E-state index in [-0.39, 0.29) is 6.04 Å². The highest BCUT2D eigenvalue weighted by Gasteiger charge is 2.12. The third kappa shape index (κ3) is 3.64. The van der Waals surface area contributed by atoms with Crippen molar-refractivity contribution in [1.82, 2.24) is 15.3 Å². The molecule has 0 amide bonds. The monoisotopic (exact) mass is 241 g/mol. The van der Waals surface area contributed by atoms with Gasteiger partial charge in [0.2, 0.25) is 0 Å². The van der Waals surface area contributed by atoms with Crippen molar-refractivity contribution in [3.8, 4) is 0 Å². The molecule has 94 valence electrons. The lowest BCUT2D eigenvalue weighted by molar-refractivity contribution is 0.517. The minimum absolute atomic E-state index is 0.260. The Balaban J connectivity index is 2.10. The largest absolute Gasteiger partial charge is 0.308 e. The molecule has 0 fully saturated rings. The summed E-state index contributed by atoms with van der Waals surface area (Å²) in [6, 6.07) is 12.7. The van der Waals surface area contributed by atoms with Gasteiger partial charge in [-0.15, -0.1) is 0 Å². The second kappa shape index (κ2) is 6.87. The van der Waals surface area contributed by atoms with Gasteiger partial charge >= 0.3 is 0 Å². The third-order valence-electron chi connectivity index (χ3n) is 2.89. The number of benzene rings is 1. The van der Waals surface area contributed by atoms with Crippen molar-refractivity contribution < 1.29 is 0 Å². The van der Waals surface area contributed by atoms with Gasteiger partial charge in [0.05, 0.1) is 11.7 Å². The molecule has 0 saturated carbocycles. The standard InChI is InChI=1S/C15H19N3/c1-2-9-17-15(14-8-10-16-12-18-14)11-13-6-4-3-5-7-13/h3-8,10,12,15,17H,2,9,11H2,1H3. The molecule has 0 aliphatic carbocycles. The average molecular weight is 241 g/mol. The Hall–Kier alpha value is -1.74. The molecule has 0 radical (unpaired) electrons. The fourth-order valence-corrected chi connectivity index (χ4v) is 1.96. The van der Waals surface area contributed by atoms with Crippen molar-refractivity contribution in [1.29, 1.82) is 0 Å². The van der Waals surface area contributed by atoms with Gasteiger partial charge in [0.1, 0.15) is 6.33 Å². The number of nitrogens with zero attached hydrogens (tertiary/aromatic N) is 2. The van der Waals surface area contributed by atoms with E-state index < -0.39 is 0 Å². The van der Waals surface area contributed by atoms with Crippen molar-refractivity contribution in [3.05, 3.63) is 60.2 Å². The molecule has 0 bridgehead atoms. The van der Waals surface area contributed by atoms with Gasteiger partial charge < -0.3 is 5.32 Å². The normalized spacial score (nSPS) is 12.3. The van der Waals surface area contributed by atoms with Crippen LogP contribution in [0.25, 0.3) is 0 Å². The Morgan fingerprint density at radius 1 is 1.17 bits per heavy atom. The lowest BCUT2D eigenvalue weighted by Gasteiger charge is -2.17. The first-order valence-electron chi connectivity index (χ1n) is 6.43. The molecule has 18 heavy (non-hydrogen) atoms. The zero-order chi connectivity index (χ0) is 12.6. The van der Waals surface area contributed by atoms with Crippen molar-refractivity contribution >= 4 is 0 Å². The number of hydrogen-bond acceptors (Lipinski definition) is 3. The smallest absolute Gasteiger partial charge is 0.115 e. The van der Waals surface area contributed by atoms with E-state index in [2.05, 4.69) is 46.5 Å². The number of rotatable bonds is 6. The minimum Gasteiger partial charge on any atom is -0.308 e. The van der Waals surface area contributed by atoms with Gasteiger partial charge in [-0.2, -0.15) is 0 Å². The highest BCUT2D eigenvalue weighted by atomic mass is 14.9. The van der Waals surface area contributed by atoms with Gasteiger partial charge in [-0.1, -0.05) is 37.3 Å². The topological polar surface area (TPSA) is 37.8 Å². The molecule has 0 spiro atoms. The van der Waals surface area contributed by atoms with Gasteiger partial charge in [-0.3, -0.25) is 0 Å². The number of aromatic nitrogens is 2. The molecule has 1 aromatic carbocycles. The van der Waals surface area contributed by atoms with E-state index in [4.69, 9.17) is 0 Å². The van der Waals surface area contributed by atoms with Crippen LogP contribution in [0, 0.1) is 0 Å². The molecule has 1 heterocycles. The van der Waals surface area contributed by atoms with Crippen molar-refractivity contribution in [2.75, 3.05) is 6.54 Å². The van der Waals surface area contributed by atoms with Crippen molar-refractivity contribution in [3.63, 3.8) is 0 Å². The Morgan fingerprint density at radius 3 is 2.67 bits per heavy atom. The zero-order valence-electron chi connectivity index (χ0n) is 10.7. The van der Waals surface area contributed by atoms with E-state index in [1.165, 1.54) is 5.56 Å². The zero-order valence-corrected chi connectivity index (χ0v) is 10.7. The molecule has 1 atom stereocenters. The first kappa shape index (κ1) is 12.7. The molecule has 0 saturated heterocycles. The summed E-state index contributed by atoms with van der Waals surface area (Å²) in [6.45, 7) is 3.17. The maximum absolute atomic E-state index is 4.35. The molecular formula is C15H19N3. The van der Waals surface area contributed by atoms with Crippen LogP contribution in [0.3, 0.4) is 0 Å². The predicted octanol–water partition coefficient (Wildman–Crippen LogP) is 2.76. The fraction of sp³-hybridized carbons (Fsp3) is 0.333. The summed E-state index contributed by atoms with van der Waals surface area (Å²) >= 11 is 0. The highest BCUT2D eigenvalue weighted by Crippen LogP contribution is 2.15. The summed E-state index contributed by atoms with van der Waals surface area (Å²) in [6.07, 6.45) is 5.49. The predicted molar refractivity (Wildman–Crippen MR) is 73.2 cm³/mol. The number of hydrogen-bond donors (Lipinski definition) is 1. The van der Waals surface area contributed by atoms with Crippen LogP contribution in [0.2, 0.25) is 0 Å². The summed E-state index contributed by atoms with van der Waals surface area (Å²) in [5, 5.41) is 3.54. The van der Waals surface area contributed by atoms with E-state index in [9.17, 15) is 0 Å². The van der Waals surface area contributed by atoms with E-state index in [1.807, 2.05) is 12.1 Å². The lowest BCUT2D eigenvalue weighted by Crippen LogP contribution is -2.25. The van der Waals surface area contributed by atoms with E-state index in [0.29, 0.717) is 0 Å². The number of nitrogens with one attached hydrogen (secondary N) is 1. The van der Waals surface area contributed by atoms with Crippen LogP contribution in [-0.4, -0.2) is 16.5 Å². The van der Waals surface area contributed by atoms with E-state index in [1.54, 1.807) is 12.5 Å². The Morgan fingerprint density at radius 2 is 2.00 bits per heavy atom. The van der Waals surface area contributed by atoms with Crippen LogP contribution in [0.15, 0.2) is 48.9 Å². The Kier molecular flexibility index (Phi) is 4.85. The molecule has 3 nitrogen and oxygen atoms in total. The molecule has 2 aromatic rings. The summed E-state index contributed by atoms with van der Waals surface area (Å²) in [5.74, 6) is 0. The van der Waals surface area contributed by atoms with E-state index >= 15 is 0 Å². The van der Waals surface area contributed by atoms with Crippen LogP contribution in [-0.2, 0) is 6.42 Å². The fourth-order valence-electron chi connectivity index (χ4n) is 1.96. The highest BCUT2D eigenvalue weighted by molar-refractivity contribution is 5.18. The average Bonchev–Trinajstić information content (AvgIpc) is 2.45. The van der Waals surface area contributed by atoms with Crippen LogP contribution in [0.1, 0.15) is 30.6 Å². The molecule has 0 aliphatic heterocycles. The van der Waals surface area contributed by atoms with Gasteiger partial charge in [-0.25, -0.2) is 9.97 Å². The van der Waals surface area contributed by atoms with Crippen molar-refractivity contribution in [2.45, 2.75) is 25.8 Å². The molecule has 1 N–H and O–H groups in total. The van der Waals surface area contributed by atoms with Crippen LogP contribution in [0.4, 0.5) is 0 Å². The summed E-state index contributed by atoms with van der Waals surface area (Å²) in [4.78, 5) is 8.33. The second-order valence-corrected chi connectivity index (χ2v) is 4.33. The molecule has 1 aromatic heterocycles. The van der Waals surface area contributed by atoms with Crippen LogP contribution in [0.5, 0.6) is 0 Å². The summed E-state index contributed by atoms with van der Waals surface area (Å²) in [5.41, 5.74) is 2.38. The Bertz CT molecular complexity index is 442.